The molecule has 10 nitrogen and oxygen atoms in total. The minimum absolute atomic E-state index is 0.0844. The number of alkyl halides is 2. The molecule has 14 heteroatoms. The number of amides is 1. The van der Waals surface area contributed by atoms with E-state index >= 15 is 0 Å². The van der Waals surface area contributed by atoms with Crippen LogP contribution in [0.4, 0.5) is 16.0 Å². The van der Waals surface area contributed by atoms with Crippen molar-refractivity contribution in [2.24, 2.45) is 10.7 Å². The molecule has 0 saturated heterocycles. The van der Waals surface area contributed by atoms with E-state index in [0.717, 1.165) is 47.9 Å². The van der Waals surface area contributed by atoms with Crippen LogP contribution in [0.25, 0.3) is 0 Å². The van der Waals surface area contributed by atoms with Crippen LogP contribution >= 0.6 is 54.7 Å². The fourth-order valence-corrected chi connectivity index (χ4v) is 6.87. The van der Waals surface area contributed by atoms with Crippen molar-refractivity contribution >= 4 is 82.4 Å². The van der Waals surface area contributed by atoms with Gasteiger partial charge in [-0.25, -0.2) is 9.97 Å². The average molecular weight is 670 g/mol. The van der Waals surface area contributed by atoms with E-state index < -0.39 is 0 Å². The highest BCUT2D eigenvalue weighted by Crippen LogP contribution is 2.38. The number of halogens is 2. The smallest absolute Gasteiger partial charge is 0.271 e. The van der Waals surface area contributed by atoms with Gasteiger partial charge in [0.25, 0.3) is 11.5 Å². The van der Waals surface area contributed by atoms with Crippen molar-refractivity contribution < 1.29 is 4.79 Å². The van der Waals surface area contributed by atoms with Gasteiger partial charge in [-0.15, -0.1) is 0 Å². The first kappa shape index (κ1) is 26.4. The predicted octanol–water partition coefficient (Wildman–Crippen LogP) is 4.24. The van der Waals surface area contributed by atoms with Crippen molar-refractivity contribution in [2.75, 3.05) is 22.1 Å². The SMILES string of the molecule is Cc1nc(Nc2s[nH]c(=O)c2C(N)=NC(C)CBr)sc1C(=O)N1CC(C)c2nc3c(nc21)CCC(Br)C3. The van der Waals surface area contributed by atoms with Gasteiger partial charge in [-0.1, -0.05) is 50.1 Å². The number of aromatic nitrogens is 4. The first-order valence-electron chi connectivity index (χ1n) is 11.9. The van der Waals surface area contributed by atoms with Gasteiger partial charge in [0.05, 0.1) is 28.8 Å². The number of hydrogen-bond donors (Lipinski definition) is 3. The quantitative estimate of drug-likeness (QED) is 0.202. The summed E-state index contributed by atoms with van der Waals surface area (Å²) < 4.78 is 2.70. The molecule has 3 unspecified atom stereocenters. The minimum atomic E-state index is -0.323. The molecular weight excluding hydrogens is 644 g/mol. The summed E-state index contributed by atoms with van der Waals surface area (Å²) in [7, 11) is 0. The Bertz CT molecular complexity index is 1450. The molecule has 3 aromatic heterocycles. The number of rotatable bonds is 6. The van der Waals surface area contributed by atoms with E-state index in [1.54, 1.807) is 11.8 Å². The summed E-state index contributed by atoms with van der Waals surface area (Å²) >= 11 is 9.42. The van der Waals surface area contributed by atoms with Gasteiger partial charge in [0, 0.05) is 29.0 Å². The number of nitrogens with two attached hydrogens (primary N) is 1. The van der Waals surface area contributed by atoms with Crippen molar-refractivity contribution in [1.82, 2.24) is 19.3 Å². The molecule has 5 rings (SSSR count). The first-order chi connectivity index (χ1) is 17.7. The maximum Gasteiger partial charge on any atom is 0.271 e. The molecule has 0 radical (unpaired) electrons. The van der Waals surface area contributed by atoms with Crippen molar-refractivity contribution in [2.45, 2.75) is 56.8 Å². The second kappa shape index (κ2) is 10.5. The lowest BCUT2D eigenvalue weighted by Crippen LogP contribution is -2.30. The van der Waals surface area contributed by atoms with Crippen molar-refractivity contribution in [3.8, 4) is 0 Å². The highest BCUT2D eigenvalue weighted by Gasteiger charge is 2.36. The van der Waals surface area contributed by atoms with E-state index in [1.165, 1.54) is 11.3 Å². The highest BCUT2D eigenvalue weighted by molar-refractivity contribution is 9.09. The number of fused-ring (bicyclic) bond motifs is 2. The molecule has 0 fully saturated rings. The molecule has 0 spiro atoms. The van der Waals surface area contributed by atoms with Gasteiger partial charge in [-0.05, 0) is 38.2 Å². The van der Waals surface area contributed by atoms with Crippen LogP contribution in [-0.2, 0) is 12.8 Å². The molecule has 2 aliphatic rings. The predicted molar refractivity (Wildman–Crippen MR) is 156 cm³/mol. The van der Waals surface area contributed by atoms with E-state index in [0.29, 0.717) is 43.2 Å². The molecule has 1 amide bonds. The fourth-order valence-electron chi connectivity index (χ4n) is 4.46. The van der Waals surface area contributed by atoms with Crippen LogP contribution in [0.1, 0.15) is 64.2 Å². The van der Waals surface area contributed by atoms with Crippen LogP contribution < -0.4 is 21.5 Å². The monoisotopic (exact) mass is 668 g/mol. The molecule has 37 heavy (non-hydrogen) atoms. The lowest BCUT2D eigenvalue weighted by atomic mass is 9.99. The normalized spacial score (nSPS) is 20.0. The third-order valence-electron chi connectivity index (χ3n) is 6.34. The summed E-state index contributed by atoms with van der Waals surface area (Å²) in [6.45, 7) is 6.30. The van der Waals surface area contributed by atoms with E-state index in [-0.39, 0.29) is 34.8 Å². The number of aromatic amines is 1. The number of carbonyl (C=O) groups is 1. The van der Waals surface area contributed by atoms with Crippen molar-refractivity contribution in [3.05, 3.63) is 43.6 Å². The fraction of sp³-hybridized carbons (Fsp3) is 0.478. The molecule has 3 aromatic rings. The molecule has 1 aliphatic carbocycles. The van der Waals surface area contributed by atoms with Gasteiger partial charge < -0.3 is 11.1 Å². The number of nitrogens with one attached hydrogen (secondary N) is 2. The number of aryl methyl sites for hydroxylation is 2. The van der Waals surface area contributed by atoms with Crippen molar-refractivity contribution in [1.29, 1.82) is 0 Å². The number of amidine groups is 1. The van der Waals surface area contributed by atoms with Gasteiger partial charge in [-0.2, -0.15) is 0 Å². The maximum atomic E-state index is 13.7. The third-order valence-corrected chi connectivity index (χ3v) is 9.92. The molecule has 196 valence electrons. The number of anilines is 3. The Morgan fingerprint density at radius 1 is 1.35 bits per heavy atom. The summed E-state index contributed by atoms with van der Waals surface area (Å²) in [5, 5.41) is 4.78. The average Bonchev–Trinajstić information content (AvgIpc) is 3.52. The molecule has 0 saturated carbocycles. The van der Waals surface area contributed by atoms with Crippen LogP contribution in [-0.4, -0.2) is 53.8 Å². The van der Waals surface area contributed by atoms with Crippen LogP contribution in [0.15, 0.2) is 9.79 Å². The van der Waals surface area contributed by atoms with Gasteiger partial charge in [0.2, 0.25) is 0 Å². The Morgan fingerprint density at radius 3 is 2.89 bits per heavy atom. The summed E-state index contributed by atoms with van der Waals surface area (Å²) in [6.07, 6.45) is 2.71. The standard InChI is InChI=1S/C23H26Br2N8O2S2/c1-9-8-33(19-16(9)29-14-6-12(25)4-5-13(14)30-19)22(35)17-11(3)28-23(36-17)31-21-15(20(34)32-37-21)18(26)27-10(2)7-24/h9-10,12H,4-8H2,1-3H3,(H2,26,27)(H,28,31)(H,32,34). The van der Waals surface area contributed by atoms with Crippen molar-refractivity contribution in [3.63, 3.8) is 0 Å². The van der Waals surface area contributed by atoms with E-state index in [1.807, 2.05) is 6.92 Å². The van der Waals surface area contributed by atoms with E-state index in [9.17, 15) is 9.59 Å². The molecule has 0 bridgehead atoms. The number of nitrogens with zero attached hydrogens (tertiary/aromatic N) is 5. The number of thiazole rings is 1. The number of carbonyl (C=O) groups excluding carboxylic acids is 1. The summed E-state index contributed by atoms with van der Waals surface area (Å²) in [6, 6.07) is -0.0844. The van der Waals surface area contributed by atoms with Crippen LogP contribution in [0.3, 0.4) is 0 Å². The Morgan fingerprint density at radius 2 is 2.14 bits per heavy atom. The van der Waals surface area contributed by atoms with Crippen LogP contribution in [0.5, 0.6) is 0 Å². The zero-order valence-corrected chi connectivity index (χ0v) is 25.3. The molecular formula is C23H26Br2N8O2S2. The Hall–Kier alpha value is -2.16. The molecule has 1 aliphatic heterocycles. The van der Waals surface area contributed by atoms with Gasteiger partial charge in [0.15, 0.2) is 10.9 Å². The van der Waals surface area contributed by atoms with Crippen LogP contribution in [0.2, 0.25) is 0 Å². The number of H-pyrrole nitrogens is 1. The van der Waals surface area contributed by atoms with Gasteiger partial charge >= 0.3 is 0 Å². The number of hydrogen-bond acceptors (Lipinski definition) is 9. The summed E-state index contributed by atoms with van der Waals surface area (Å²) in [4.78, 5) is 47.5. The van der Waals surface area contributed by atoms with Gasteiger partial charge in [-0.3, -0.25) is 28.8 Å². The first-order valence-corrected chi connectivity index (χ1v) is 15.5. The second-order valence-electron chi connectivity index (χ2n) is 9.30. The molecule has 3 atom stereocenters. The lowest BCUT2D eigenvalue weighted by Gasteiger charge is -2.21. The molecule has 4 heterocycles. The topological polar surface area (TPSA) is 142 Å². The summed E-state index contributed by atoms with van der Waals surface area (Å²) in [5.74, 6) is 0.758. The zero-order valence-electron chi connectivity index (χ0n) is 20.5. The lowest BCUT2D eigenvalue weighted by molar-refractivity contribution is 0.0990. The molecule has 4 N–H and O–H groups in total. The van der Waals surface area contributed by atoms with Crippen LogP contribution in [0, 0.1) is 6.92 Å². The van der Waals surface area contributed by atoms with Gasteiger partial charge in [0.1, 0.15) is 21.3 Å². The second-order valence-corrected chi connectivity index (χ2v) is 13.1. The van der Waals surface area contributed by atoms with E-state index in [2.05, 4.69) is 58.5 Å². The molecule has 0 aromatic carbocycles. The number of aliphatic imine (C=N–C) groups is 1. The Labute approximate surface area is 238 Å². The maximum absolute atomic E-state index is 13.7. The minimum Gasteiger partial charge on any atom is -0.383 e. The Kier molecular flexibility index (Phi) is 7.53. The Balaban J connectivity index is 1.42. The summed E-state index contributed by atoms with van der Waals surface area (Å²) in [5.41, 5.74) is 9.57. The highest BCUT2D eigenvalue weighted by atomic mass is 79.9. The largest absolute Gasteiger partial charge is 0.383 e. The van der Waals surface area contributed by atoms with E-state index in [4.69, 9.17) is 15.7 Å². The third kappa shape index (κ3) is 5.12. The zero-order chi connectivity index (χ0) is 26.4.